The number of aryl methyl sites for hydroxylation is 1. The van der Waals surface area contributed by atoms with Crippen molar-refractivity contribution < 1.29 is 8.42 Å². The zero-order valence-electron chi connectivity index (χ0n) is 14.7. The minimum atomic E-state index is -3.28. The Morgan fingerprint density at radius 2 is 1.88 bits per heavy atom. The zero-order chi connectivity index (χ0) is 18.1. The number of fused-ring (bicyclic) bond motifs is 1. The highest BCUT2D eigenvalue weighted by Crippen LogP contribution is 2.29. The number of pyridine rings is 1. The van der Waals surface area contributed by atoms with Gasteiger partial charge in [-0.25, -0.2) is 23.1 Å². The van der Waals surface area contributed by atoms with E-state index in [1.807, 2.05) is 26.0 Å². The van der Waals surface area contributed by atoms with Gasteiger partial charge in [0, 0.05) is 41.3 Å². The SMILES string of the molecule is CC(C)(CNc1nc(-c2ccncc2)nc2c1CCC2)NS(C)(=O)=O. The number of anilines is 1. The van der Waals surface area contributed by atoms with Crippen molar-refractivity contribution in [1.82, 2.24) is 19.7 Å². The number of nitrogens with one attached hydrogen (secondary N) is 2. The van der Waals surface area contributed by atoms with E-state index >= 15 is 0 Å². The minimum Gasteiger partial charge on any atom is -0.368 e. The molecule has 2 heterocycles. The Balaban J connectivity index is 1.87. The van der Waals surface area contributed by atoms with E-state index in [4.69, 9.17) is 4.98 Å². The highest BCUT2D eigenvalue weighted by molar-refractivity contribution is 7.88. The monoisotopic (exact) mass is 361 g/mol. The highest BCUT2D eigenvalue weighted by atomic mass is 32.2. The maximum absolute atomic E-state index is 11.5. The van der Waals surface area contributed by atoms with E-state index in [1.165, 1.54) is 6.26 Å². The third-order valence-electron chi connectivity index (χ3n) is 4.03. The Bertz CT molecular complexity index is 866. The van der Waals surface area contributed by atoms with Gasteiger partial charge in [-0.15, -0.1) is 0 Å². The van der Waals surface area contributed by atoms with Crippen molar-refractivity contribution in [3.05, 3.63) is 35.8 Å². The van der Waals surface area contributed by atoms with Crippen LogP contribution in [-0.4, -0.2) is 41.7 Å². The standard InChI is InChI=1S/C17H23N5O2S/c1-17(2,22-25(3,23)24)11-19-16-13-5-4-6-14(13)20-15(21-16)12-7-9-18-10-8-12/h7-10,22H,4-6,11H2,1-3H3,(H,19,20,21). The summed E-state index contributed by atoms with van der Waals surface area (Å²) in [5.41, 5.74) is 2.49. The molecule has 1 aliphatic rings. The molecule has 8 heteroatoms. The second kappa shape index (κ2) is 6.68. The lowest BCUT2D eigenvalue weighted by Crippen LogP contribution is -2.48. The summed E-state index contributed by atoms with van der Waals surface area (Å²) in [5, 5.41) is 3.32. The Morgan fingerprint density at radius 1 is 1.16 bits per heavy atom. The molecule has 7 nitrogen and oxygen atoms in total. The molecule has 3 rings (SSSR count). The first kappa shape index (κ1) is 17.8. The van der Waals surface area contributed by atoms with E-state index in [9.17, 15) is 8.42 Å². The summed E-state index contributed by atoms with van der Waals surface area (Å²) in [6, 6.07) is 3.77. The summed E-state index contributed by atoms with van der Waals surface area (Å²) < 4.78 is 25.7. The van der Waals surface area contributed by atoms with Gasteiger partial charge < -0.3 is 5.32 Å². The van der Waals surface area contributed by atoms with Crippen LogP contribution in [0.5, 0.6) is 0 Å². The second-order valence-electron chi connectivity index (χ2n) is 7.02. The predicted octanol–water partition coefficient (Wildman–Crippen LogP) is 1.77. The van der Waals surface area contributed by atoms with Crippen LogP contribution in [0.3, 0.4) is 0 Å². The molecule has 0 fully saturated rings. The van der Waals surface area contributed by atoms with Crippen molar-refractivity contribution in [2.75, 3.05) is 18.1 Å². The Hall–Kier alpha value is -2.06. The number of hydrogen-bond acceptors (Lipinski definition) is 6. The molecule has 2 aromatic rings. The first-order valence-electron chi connectivity index (χ1n) is 8.26. The van der Waals surface area contributed by atoms with E-state index < -0.39 is 15.6 Å². The average Bonchev–Trinajstić information content (AvgIpc) is 2.99. The molecule has 0 atom stereocenters. The molecule has 0 saturated carbocycles. The van der Waals surface area contributed by atoms with Gasteiger partial charge in [0.15, 0.2) is 5.82 Å². The van der Waals surface area contributed by atoms with Crippen molar-refractivity contribution in [3.63, 3.8) is 0 Å². The average molecular weight is 361 g/mol. The number of hydrogen-bond donors (Lipinski definition) is 2. The van der Waals surface area contributed by atoms with E-state index in [1.54, 1.807) is 12.4 Å². The molecule has 0 radical (unpaired) electrons. The van der Waals surface area contributed by atoms with Gasteiger partial charge in [-0.3, -0.25) is 4.98 Å². The number of sulfonamides is 1. The van der Waals surface area contributed by atoms with Crippen LogP contribution >= 0.6 is 0 Å². The Kier molecular flexibility index (Phi) is 4.75. The van der Waals surface area contributed by atoms with Crippen LogP contribution in [0.4, 0.5) is 5.82 Å². The molecule has 1 aliphatic carbocycles. The molecular formula is C17H23N5O2S. The van der Waals surface area contributed by atoms with Gasteiger partial charge in [0.05, 0.1) is 6.26 Å². The molecule has 0 unspecified atom stereocenters. The van der Waals surface area contributed by atoms with Gasteiger partial charge in [0.2, 0.25) is 10.0 Å². The van der Waals surface area contributed by atoms with E-state index in [0.717, 1.165) is 41.9 Å². The van der Waals surface area contributed by atoms with Gasteiger partial charge in [-0.2, -0.15) is 0 Å². The van der Waals surface area contributed by atoms with Crippen LogP contribution in [-0.2, 0) is 22.9 Å². The smallest absolute Gasteiger partial charge is 0.209 e. The first-order valence-corrected chi connectivity index (χ1v) is 10.2. The molecule has 0 aliphatic heterocycles. The Labute approximate surface area is 148 Å². The molecule has 0 saturated heterocycles. The second-order valence-corrected chi connectivity index (χ2v) is 8.77. The number of rotatable bonds is 6. The minimum absolute atomic E-state index is 0.430. The summed E-state index contributed by atoms with van der Waals surface area (Å²) in [5.74, 6) is 1.46. The van der Waals surface area contributed by atoms with Crippen LogP contribution in [0, 0.1) is 0 Å². The molecule has 134 valence electrons. The van der Waals surface area contributed by atoms with Crippen LogP contribution in [0.2, 0.25) is 0 Å². The van der Waals surface area contributed by atoms with Crippen LogP contribution < -0.4 is 10.0 Å². The van der Waals surface area contributed by atoms with Gasteiger partial charge in [-0.05, 0) is 45.2 Å². The molecule has 2 aromatic heterocycles. The molecular weight excluding hydrogens is 338 g/mol. The fraction of sp³-hybridized carbons (Fsp3) is 0.471. The summed E-state index contributed by atoms with van der Waals surface area (Å²) >= 11 is 0. The molecule has 0 amide bonds. The lowest BCUT2D eigenvalue weighted by molar-refractivity contribution is 0.475. The highest BCUT2D eigenvalue weighted by Gasteiger charge is 2.25. The largest absolute Gasteiger partial charge is 0.368 e. The normalized spacial score (nSPS) is 14.4. The Morgan fingerprint density at radius 3 is 2.56 bits per heavy atom. The van der Waals surface area contributed by atoms with Crippen molar-refractivity contribution in [2.45, 2.75) is 38.6 Å². The first-order chi connectivity index (χ1) is 11.7. The molecule has 25 heavy (non-hydrogen) atoms. The van der Waals surface area contributed by atoms with E-state index in [2.05, 4.69) is 20.0 Å². The zero-order valence-corrected chi connectivity index (χ0v) is 15.5. The summed E-state index contributed by atoms with van der Waals surface area (Å²) in [4.78, 5) is 13.4. The lowest BCUT2D eigenvalue weighted by atomic mass is 10.1. The van der Waals surface area contributed by atoms with E-state index in [0.29, 0.717) is 12.4 Å². The fourth-order valence-corrected chi connectivity index (χ4v) is 4.13. The van der Waals surface area contributed by atoms with Gasteiger partial charge in [0.25, 0.3) is 0 Å². The quantitative estimate of drug-likeness (QED) is 0.814. The molecule has 0 spiro atoms. The maximum atomic E-state index is 11.5. The van der Waals surface area contributed by atoms with E-state index in [-0.39, 0.29) is 0 Å². The summed E-state index contributed by atoms with van der Waals surface area (Å²) in [6.45, 7) is 4.11. The third kappa shape index (κ3) is 4.52. The predicted molar refractivity (Wildman–Crippen MR) is 97.8 cm³/mol. The molecule has 2 N–H and O–H groups in total. The van der Waals surface area contributed by atoms with Crippen molar-refractivity contribution in [2.24, 2.45) is 0 Å². The van der Waals surface area contributed by atoms with Gasteiger partial charge in [0.1, 0.15) is 5.82 Å². The third-order valence-corrected chi connectivity index (χ3v) is 4.95. The lowest BCUT2D eigenvalue weighted by Gasteiger charge is -2.26. The van der Waals surface area contributed by atoms with Gasteiger partial charge >= 0.3 is 0 Å². The molecule has 0 aromatic carbocycles. The van der Waals surface area contributed by atoms with Crippen LogP contribution in [0.1, 0.15) is 31.5 Å². The maximum Gasteiger partial charge on any atom is 0.209 e. The van der Waals surface area contributed by atoms with Crippen LogP contribution in [0.15, 0.2) is 24.5 Å². The van der Waals surface area contributed by atoms with Gasteiger partial charge in [-0.1, -0.05) is 0 Å². The fourth-order valence-electron chi connectivity index (χ4n) is 3.05. The van der Waals surface area contributed by atoms with Crippen molar-refractivity contribution >= 4 is 15.8 Å². The molecule has 0 bridgehead atoms. The van der Waals surface area contributed by atoms with Crippen molar-refractivity contribution in [1.29, 1.82) is 0 Å². The summed E-state index contributed by atoms with van der Waals surface area (Å²) in [7, 11) is -3.28. The topological polar surface area (TPSA) is 96.9 Å². The number of aromatic nitrogens is 3. The van der Waals surface area contributed by atoms with Crippen molar-refractivity contribution in [3.8, 4) is 11.4 Å². The summed E-state index contributed by atoms with van der Waals surface area (Å²) in [6.07, 6.45) is 7.54. The van der Waals surface area contributed by atoms with Crippen LogP contribution in [0.25, 0.3) is 11.4 Å². The number of nitrogens with zero attached hydrogens (tertiary/aromatic N) is 3.